The summed E-state index contributed by atoms with van der Waals surface area (Å²) in [6.07, 6.45) is -1.75. The maximum absolute atomic E-state index is 11.8. The highest BCUT2D eigenvalue weighted by Gasteiger charge is 2.44. The van der Waals surface area contributed by atoms with Crippen molar-refractivity contribution in [2.75, 3.05) is 12.8 Å². The van der Waals surface area contributed by atoms with E-state index in [9.17, 15) is 14.5 Å². The Balaban J connectivity index is 2.01. The number of aliphatic hydroxyl groups is 1. The molecule has 0 radical (unpaired) electrons. The fourth-order valence-electron chi connectivity index (χ4n) is 2.64. The molecule has 4 atom stereocenters. The van der Waals surface area contributed by atoms with E-state index in [0.717, 1.165) is 6.08 Å². The molecule has 0 amide bonds. The van der Waals surface area contributed by atoms with Crippen LogP contribution in [0, 0.1) is 0 Å². The van der Waals surface area contributed by atoms with Crippen molar-refractivity contribution in [1.82, 2.24) is 19.5 Å². The molecule has 1 aliphatic heterocycles. The van der Waals surface area contributed by atoms with Gasteiger partial charge in [-0.1, -0.05) is 0 Å². The van der Waals surface area contributed by atoms with E-state index < -0.39 is 37.7 Å². The lowest BCUT2D eigenvalue weighted by Crippen LogP contribution is -2.32. The number of nitrogens with two attached hydrogens (primary N) is 1. The van der Waals surface area contributed by atoms with Gasteiger partial charge in [0.1, 0.15) is 18.3 Å². The third kappa shape index (κ3) is 3.35. The van der Waals surface area contributed by atoms with Gasteiger partial charge in [-0.2, -0.15) is 4.98 Å². The second-order valence-corrected chi connectivity index (χ2v) is 6.86. The van der Waals surface area contributed by atoms with Crippen LogP contribution in [0.15, 0.2) is 23.0 Å². The van der Waals surface area contributed by atoms with Gasteiger partial charge in [-0.3, -0.25) is 18.9 Å². The number of aromatic nitrogens is 4. The number of H-pyrrole nitrogens is 1. The molecule has 1 fully saturated rings. The van der Waals surface area contributed by atoms with Gasteiger partial charge in [-0.05, 0) is 6.08 Å². The molecule has 1 saturated heterocycles. The fraction of sp³-hybridized carbons (Fsp3) is 0.417. The number of hydrogen-bond donors (Lipinski definition) is 5. The van der Waals surface area contributed by atoms with Gasteiger partial charge in [0.2, 0.25) is 5.95 Å². The summed E-state index contributed by atoms with van der Waals surface area (Å²) in [5.41, 5.74) is 5.16. The molecule has 2 aromatic heterocycles. The number of fused-ring (bicyclic) bond motifs is 1. The summed E-state index contributed by atoms with van der Waals surface area (Å²) in [6, 6.07) is 0. The molecule has 0 saturated carbocycles. The predicted octanol–water partition coefficient (Wildman–Crippen LogP) is -1.33. The Morgan fingerprint density at radius 1 is 1.52 bits per heavy atom. The Bertz CT molecular complexity index is 918. The monoisotopic (exact) mass is 373 g/mol. The third-order valence-electron chi connectivity index (χ3n) is 3.72. The minimum Gasteiger partial charge on any atom is -0.387 e. The van der Waals surface area contributed by atoms with E-state index in [1.54, 1.807) is 0 Å². The molecular formula is C12H16N5O7P. The highest BCUT2D eigenvalue weighted by Crippen LogP contribution is 2.39. The van der Waals surface area contributed by atoms with Crippen LogP contribution < -0.4 is 11.3 Å². The zero-order chi connectivity index (χ0) is 18.4. The van der Waals surface area contributed by atoms with Crippen molar-refractivity contribution in [3.63, 3.8) is 0 Å². The first-order chi connectivity index (χ1) is 11.7. The maximum Gasteiger partial charge on any atom is 0.348 e. The predicted molar refractivity (Wildman–Crippen MR) is 84.5 cm³/mol. The van der Waals surface area contributed by atoms with Crippen LogP contribution in [0.25, 0.3) is 11.2 Å². The molecule has 0 aliphatic carbocycles. The van der Waals surface area contributed by atoms with Gasteiger partial charge >= 0.3 is 7.60 Å². The number of nitrogens with one attached hydrogen (secondary N) is 1. The molecule has 2 aromatic rings. The number of ether oxygens (including phenoxy) is 2. The second-order valence-electron chi connectivity index (χ2n) is 5.39. The Hall–Kier alpha value is -2.08. The first kappa shape index (κ1) is 17.7. The number of aliphatic hydroxyl groups excluding tert-OH is 1. The Labute approximate surface area is 140 Å². The SMILES string of the molecule is CO[C@@H]1[C@H](O)[C@@H](C=CP(=O)(O)O)O[C@H]1n1cnc2c(=O)[nH]c(N)nc21. The zero-order valence-corrected chi connectivity index (χ0v) is 13.8. The van der Waals surface area contributed by atoms with Gasteiger partial charge < -0.3 is 30.1 Å². The molecule has 0 bridgehead atoms. The number of anilines is 1. The van der Waals surface area contributed by atoms with Gasteiger partial charge in [0.15, 0.2) is 17.4 Å². The minimum absolute atomic E-state index is 0.0244. The average Bonchev–Trinajstić information content (AvgIpc) is 3.05. The van der Waals surface area contributed by atoms with Crippen LogP contribution in [0.3, 0.4) is 0 Å². The van der Waals surface area contributed by atoms with Gasteiger partial charge in [-0.25, -0.2) is 4.98 Å². The molecule has 25 heavy (non-hydrogen) atoms. The van der Waals surface area contributed by atoms with Crippen molar-refractivity contribution in [3.8, 4) is 0 Å². The number of methoxy groups -OCH3 is 1. The Morgan fingerprint density at radius 3 is 2.88 bits per heavy atom. The van der Waals surface area contributed by atoms with Crippen LogP contribution in [-0.4, -0.2) is 59.8 Å². The molecule has 3 heterocycles. The molecule has 13 heteroatoms. The molecule has 136 valence electrons. The summed E-state index contributed by atoms with van der Waals surface area (Å²) >= 11 is 0. The lowest BCUT2D eigenvalue weighted by molar-refractivity contribution is -0.0449. The molecule has 6 N–H and O–H groups in total. The van der Waals surface area contributed by atoms with Gasteiger partial charge in [-0.15, -0.1) is 0 Å². The van der Waals surface area contributed by atoms with Crippen molar-refractivity contribution >= 4 is 24.7 Å². The summed E-state index contributed by atoms with van der Waals surface area (Å²) < 4.78 is 23.2. The van der Waals surface area contributed by atoms with Gasteiger partial charge in [0.05, 0.1) is 6.33 Å². The first-order valence-corrected chi connectivity index (χ1v) is 8.72. The number of nitrogens with zero attached hydrogens (tertiary/aromatic N) is 3. The smallest absolute Gasteiger partial charge is 0.348 e. The minimum atomic E-state index is -4.41. The molecule has 0 spiro atoms. The number of imidazole rings is 1. The van der Waals surface area contributed by atoms with Crippen LogP contribution in [-0.2, 0) is 14.0 Å². The van der Waals surface area contributed by atoms with Crippen molar-refractivity contribution in [2.45, 2.75) is 24.5 Å². The number of nitrogen functional groups attached to an aromatic ring is 1. The summed E-state index contributed by atoms with van der Waals surface area (Å²) in [7, 11) is -3.07. The lowest BCUT2D eigenvalue weighted by Gasteiger charge is -2.19. The van der Waals surface area contributed by atoms with E-state index in [2.05, 4.69) is 15.0 Å². The molecule has 0 unspecified atom stereocenters. The van der Waals surface area contributed by atoms with E-state index in [4.69, 9.17) is 25.0 Å². The van der Waals surface area contributed by atoms with Crippen LogP contribution >= 0.6 is 7.60 Å². The van der Waals surface area contributed by atoms with E-state index in [1.165, 1.54) is 18.0 Å². The highest BCUT2D eigenvalue weighted by molar-refractivity contribution is 7.55. The number of aromatic amines is 1. The fourth-order valence-corrected chi connectivity index (χ4v) is 3.03. The van der Waals surface area contributed by atoms with E-state index in [-0.39, 0.29) is 17.1 Å². The normalized spacial score (nSPS) is 27.5. The largest absolute Gasteiger partial charge is 0.387 e. The van der Waals surface area contributed by atoms with Crippen molar-refractivity contribution in [2.24, 2.45) is 0 Å². The van der Waals surface area contributed by atoms with Crippen LogP contribution in [0.5, 0.6) is 0 Å². The second kappa shape index (κ2) is 6.33. The van der Waals surface area contributed by atoms with E-state index in [1.807, 2.05) is 0 Å². The van der Waals surface area contributed by atoms with E-state index >= 15 is 0 Å². The van der Waals surface area contributed by atoms with Crippen molar-refractivity contribution in [3.05, 3.63) is 28.6 Å². The standard InChI is InChI=1S/C12H16N5O7P/c1-23-8-7(18)5(2-3-25(20,21)22)24-11(8)17-4-14-6-9(17)15-12(13)16-10(6)19/h2-5,7-8,11,18H,1H3,(H2,20,21,22)(H3,13,15,16,19)/t5-,7-,8-,11-/m1/s1. The van der Waals surface area contributed by atoms with Crippen LogP contribution in [0.1, 0.15) is 6.23 Å². The number of hydrogen-bond acceptors (Lipinski definition) is 8. The summed E-state index contributed by atoms with van der Waals surface area (Å²) in [5, 5.41) is 10.3. The molecular weight excluding hydrogens is 357 g/mol. The Morgan fingerprint density at radius 2 is 2.24 bits per heavy atom. The molecule has 3 rings (SSSR count). The Kier molecular flexibility index (Phi) is 4.49. The molecule has 0 aromatic carbocycles. The highest BCUT2D eigenvalue weighted by atomic mass is 31.2. The molecule has 1 aliphatic rings. The van der Waals surface area contributed by atoms with Crippen LogP contribution in [0.4, 0.5) is 5.95 Å². The zero-order valence-electron chi connectivity index (χ0n) is 12.9. The van der Waals surface area contributed by atoms with E-state index in [0.29, 0.717) is 5.82 Å². The maximum atomic E-state index is 11.8. The van der Waals surface area contributed by atoms with Gasteiger partial charge in [0.25, 0.3) is 5.56 Å². The summed E-state index contributed by atoms with van der Waals surface area (Å²) in [5.74, 6) is 0.521. The van der Waals surface area contributed by atoms with Crippen LogP contribution in [0.2, 0.25) is 0 Å². The van der Waals surface area contributed by atoms with Gasteiger partial charge in [0, 0.05) is 12.9 Å². The third-order valence-corrected chi connectivity index (χ3v) is 4.28. The van der Waals surface area contributed by atoms with Crippen molar-refractivity contribution < 1.29 is 28.9 Å². The lowest BCUT2D eigenvalue weighted by atomic mass is 10.1. The average molecular weight is 373 g/mol. The quantitative estimate of drug-likeness (QED) is 0.402. The summed E-state index contributed by atoms with van der Waals surface area (Å²) in [6.45, 7) is 0. The molecule has 12 nitrogen and oxygen atoms in total. The number of rotatable bonds is 4. The van der Waals surface area contributed by atoms with Crippen molar-refractivity contribution in [1.29, 1.82) is 0 Å². The first-order valence-electron chi connectivity index (χ1n) is 7.04. The topological polar surface area (TPSA) is 186 Å². The summed E-state index contributed by atoms with van der Waals surface area (Å²) in [4.78, 5) is 40.0.